The molecule has 0 unspecified atom stereocenters. The highest BCUT2D eigenvalue weighted by molar-refractivity contribution is 6.33. The molecule has 4 fully saturated rings. The lowest BCUT2D eigenvalue weighted by Gasteiger charge is -2.56. The van der Waals surface area contributed by atoms with Gasteiger partial charge < -0.3 is 15.2 Å². The van der Waals surface area contributed by atoms with Crippen molar-refractivity contribution in [3.05, 3.63) is 52.6 Å². The second-order valence-electron chi connectivity index (χ2n) is 11.0. The third kappa shape index (κ3) is 5.46. The number of carbonyl (C=O) groups excluding carboxylic acids is 1. The lowest BCUT2D eigenvalue weighted by atomic mass is 9.49. The molecule has 0 aliphatic heterocycles. The number of carbonyl (C=O) groups is 1. The van der Waals surface area contributed by atoms with Crippen LogP contribution in [-0.2, 0) is 19.9 Å². The van der Waals surface area contributed by atoms with E-state index in [1.54, 1.807) is 0 Å². The summed E-state index contributed by atoms with van der Waals surface area (Å²) in [5.41, 5.74) is 3.26. The van der Waals surface area contributed by atoms with Crippen LogP contribution in [0.4, 0.5) is 0 Å². The Morgan fingerprint density at radius 2 is 1.85 bits per heavy atom. The Morgan fingerprint density at radius 3 is 2.52 bits per heavy atom. The normalized spacial score (nSPS) is 27.8. The van der Waals surface area contributed by atoms with E-state index in [1.807, 2.05) is 36.1 Å². The largest absolute Gasteiger partial charge is 0.351 e. The van der Waals surface area contributed by atoms with Gasteiger partial charge in [-0.05, 0) is 98.8 Å². The SMILES string of the molecule is Cn1cnc(CCNCCCc2ccc(Cl)c(C(=O)NCC34CC5CC(CC(C5)C3)C4)c2)c1. The van der Waals surface area contributed by atoms with Gasteiger partial charge >= 0.3 is 0 Å². The number of hydrogen-bond donors (Lipinski definition) is 2. The molecule has 0 saturated heterocycles. The average molecular weight is 469 g/mol. The number of halogens is 1. The molecule has 6 rings (SSSR count). The van der Waals surface area contributed by atoms with Gasteiger partial charge in [0, 0.05) is 32.8 Å². The van der Waals surface area contributed by atoms with Crippen LogP contribution in [0.1, 0.15) is 66.6 Å². The summed E-state index contributed by atoms with van der Waals surface area (Å²) in [5.74, 6) is 2.69. The van der Waals surface area contributed by atoms with Crippen LogP contribution in [0, 0.1) is 23.2 Å². The zero-order valence-electron chi connectivity index (χ0n) is 19.8. The van der Waals surface area contributed by atoms with E-state index < -0.39 is 0 Å². The second kappa shape index (κ2) is 9.79. The van der Waals surface area contributed by atoms with Gasteiger partial charge in [0.25, 0.3) is 5.91 Å². The number of amides is 1. The van der Waals surface area contributed by atoms with E-state index in [4.69, 9.17) is 11.6 Å². The number of hydrogen-bond acceptors (Lipinski definition) is 3. The summed E-state index contributed by atoms with van der Waals surface area (Å²) in [5, 5.41) is 7.32. The number of aryl methyl sites for hydroxylation is 2. The van der Waals surface area contributed by atoms with Crippen molar-refractivity contribution in [1.29, 1.82) is 0 Å². The Hall–Kier alpha value is -1.85. The molecular formula is C27H37ClN4O. The maximum absolute atomic E-state index is 13.0. The Bertz CT molecular complexity index is 949. The number of benzene rings is 1. The Kier molecular flexibility index (Phi) is 6.80. The van der Waals surface area contributed by atoms with Crippen LogP contribution >= 0.6 is 11.6 Å². The first-order chi connectivity index (χ1) is 16.0. The minimum Gasteiger partial charge on any atom is -0.351 e. The van der Waals surface area contributed by atoms with Crippen LogP contribution in [0.2, 0.25) is 5.02 Å². The van der Waals surface area contributed by atoms with Crippen molar-refractivity contribution in [2.75, 3.05) is 19.6 Å². The molecule has 5 nitrogen and oxygen atoms in total. The van der Waals surface area contributed by atoms with E-state index in [0.717, 1.165) is 62.3 Å². The first-order valence-electron chi connectivity index (χ1n) is 12.7. The lowest BCUT2D eigenvalue weighted by molar-refractivity contribution is -0.0503. The topological polar surface area (TPSA) is 59.0 Å². The fraction of sp³-hybridized carbons (Fsp3) is 0.630. The molecule has 4 bridgehead atoms. The highest BCUT2D eigenvalue weighted by atomic mass is 35.5. The highest BCUT2D eigenvalue weighted by Gasteiger charge is 2.50. The number of rotatable bonds is 10. The van der Waals surface area contributed by atoms with Crippen molar-refractivity contribution in [1.82, 2.24) is 20.2 Å². The molecule has 4 saturated carbocycles. The number of aromatic nitrogens is 2. The van der Waals surface area contributed by atoms with Gasteiger partial charge in [0.15, 0.2) is 0 Å². The first-order valence-corrected chi connectivity index (χ1v) is 13.1. The predicted molar refractivity (Wildman–Crippen MR) is 132 cm³/mol. The van der Waals surface area contributed by atoms with Crippen molar-refractivity contribution in [3.63, 3.8) is 0 Å². The zero-order valence-corrected chi connectivity index (χ0v) is 20.5. The molecular weight excluding hydrogens is 432 g/mol. The Labute approximate surface area is 202 Å². The summed E-state index contributed by atoms with van der Waals surface area (Å²) < 4.78 is 1.98. The van der Waals surface area contributed by atoms with E-state index >= 15 is 0 Å². The third-order valence-electron chi connectivity index (χ3n) is 8.20. The molecule has 2 N–H and O–H groups in total. The summed E-state index contributed by atoms with van der Waals surface area (Å²) in [6.07, 6.45) is 15.0. The Morgan fingerprint density at radius 1 is 1.12 bits per heavy atom. The van der Waals surface area contributed by atoms with Gasteiger partial charge in [0.05, 0.1) is 22.6 Å². The molecule has 4 aliphatic carbocycles. The molecule has 33 heavy (non-hydrogen) atoms. The lowest BCUT2D eigenvalue weighted by Crippen LogP contribution is -2.51. The van der Waals surface area contributed by atoms with Crippen molar-refractivity contribution < 1.29 is 4.79 Å². The molecule has 1 heterocycles. The second-order valence-corrected chi connectivity index (χ2v) is 11.5. The fourth-order valence-electron chi connectivity index (χ4n) is 7.13. The summed E-state index contributed by atoms with van der Waals surface area (Å²) in [6, 6.07) is 5.92. The van der Waals surface area contributed by atoms with Gasteiger partial charge in [0.2, 0.25) is 0 Å². The van der Waals surface area contributed by atoms with Crippen LogP contribution in [0.15, 0.2) is 30.7 Å². The van der Waals surface area contributed by atoms with Crippen LogP contribution in [0.25, 0.3) is 0 Å². The molecule has 6 heteroatoms. The molecule has 4 aliphatic rings. The maximum Gasteiger partial charge on any atom is 0.252 e. The van der Waals surface area contributed by atoms with E-state index in [0.29, 0.717) is 16.0 Å². The average Bonchev–Trinajstić information content (AvgIpc) is 3.19. The number of imidazole rings is 1. The summed E-state index contributed by atoms with van der Waals surface area (Å²) in [4.78, 5) is 17.4. The zero-order chi connectivity index (χ0) is 22.8. The summed E-state index contributed by atoms with van der Waals surface area (Å²) >= 11 is 6.43. The fourth-order valence-corrected chi connectivity index (χ4v) is 7.33. The van der Waals surface area contributed by atoms with Crippen LogP contribution in [0.5, 0.6) is 0 Å². The third-order valence-corrected chi connectivity index (χ3v) is 8.53. The van der Waals surface area contributed by atoms with Crippen LogP contribution in [0.3, 0.4) is 0 Å². The van der Waals surface area contributed by atoms with Crippen molar-refractivity contribution >= 4 is 17.5 Å². The van der Waals surface area contributed by atoms with E-state index in [-0.39, 0.29) is 5.91 Å². The van der Waals surface area contributed by atoms with E-state index in [2.05, 4.69) is 21.8 Å². The van der Waals surface area contributed by atoms with Gasteiger partial charge in [-0.1, -0.05) is 17.7 Å². The number of nitrogens with one attached hydrogen (secondary N) is 2. The first kappa shape index (κ1) is 22.9. The molecule has 0 atom stereocenters. The molecule has 1 aromatic heterocycles. The van der Waals surface area contributed by atoms with Gasteiger partial charge in [-0.15, -0.1) is 0 Å². The Balaban J connectivity index is 1.08. The molecule has 2 aromatic rings. The molecule has 0 radical (unpaired) electrons. The van der Waals surface area contributed by atoms with Gasteiger partial charge in [-0.2, -0.15) is 0 Å². The minimum atomic E-state index is -0.00826. The predicted octanol–water partition coefficient (Wildman–Crippen LogP) is 4.78. The monoisotopic (exact) mass is 468 g/mol. The maximum atomic E-state index is 13.0. The highest BCUT2D eigenvalue weighted by Crippen LogP contribution is 2.59. The van der Waals surface area contributed by atoms with Gasteiger partial charge in [-0.3, -0.25) is 4.79 Å². The summed E-state index contributed by atoms with van der Waals surface area (Å²) in [7, 11) is 1.99. The summed E-state index contributed by atoms with van der Waals surface area (Å²) in [6.45, 7) is 2.69. The quantitative estimate of drug-likeness (QED) is 0.493. The minimum absolute atomic E-state index is 0.00826. The van der Waals surface area contributed by atoms with Crippen molar-refractivity contribution in [2.45, 2.75) is 57.8 Å². The van der Waals surface area contributed by atoms with E-state index in [9.17, 15) is 4.79 Å². The van der Waals surface area contributed by atoms with Crippen LogP contribution in [-0.4, -0.2) is 35.1 Å². The molecule has 178 valence electrons. The molecule has 1 amide bonds. The van der Waals surface area contributed by atoms with Crippen LogP contribution < -0.4 is 10.6 Å². The smallest absolute Gasteiger partial charge is 0.252 e. The number of nitrogens with zero attached hydrogens (tertiary/aromatic N) is 2. The van der Waals surface area contributed by atoms with Gasteiger partial charge in [0.1, 0.15) is 0 Å². The van der Waals surface area contributed by atoms with Crippen molar-refractivity contribution in [3.8, 4) is 0 Å². The standard InChI is InChI=1S/C27H37ClN4O/c1-32-16-23(31-18-32)6-8-29-7-2-3-19-4-5-25(28)24(12-19)26(33)30-17-27-13-20-9-21(14-27)11-22(10-20)15-27/h4-5,12,16,18,20-22,29H,2-3,6-11,13-15,17H2,1H3,(H,30,33). The molecule has 0 spiro atoms. The van der Waals surface area contributed by atoms with Gasteiger partial charge in [-0.25, -0.2) is 4.98 Å². The molecule has 1 aromatic carbocycles. The van der Waals surface area contributed by atoms with E-state index in [1.165, 1.54) is 44.1 Å². The van der Waals surface area contributed by atoms with Crippen molar-refractivity contribution in [2.24, 2.45) is 30.2 Å².